The van der Waals surface area contributed by atoms with Crippen molar-refractivity contribution in [1.82, 2.24) is 10.2 Å². The molecule has 2 atom stereocenters. The van der Waals surface area contributed by atoms with Gasteiger partial charge in [0.2, 0.25) is 0 Å². The minimum absolute atomic E-state index is 0.0370. The zero-order chi connectivity index (χ0) is 14.5. The van der Waals surface area contributed by atoms with Crippen LogP contribution < -0.4 is 5.32 Å². The van der Waals surface area contributed by atoms with Gasteiger partial charge in [-0.25, -0.2) is 0 Å². The molecule has 5 heteroatoms. The quantitative estimate of drug-likeness (QED) is 0.359. The lowest BCUT2D eigenvalue weighted by Crippen LogP contribution is -2.41. The van der Waals surface area contributed by atoms with Gasteiger partial charge < -0.3 is 15.0 Å². The predicted octanol–water partition coefficient (Wildman–Crippen LogP) is 1.49. The van der Waals surface area contributed by atoms with Gasteiger partial charge in [-0.05, 0) is 24.7 Å². The number of hydrogen-bond acceptors (Lipinski definition) is 3. The summed E-state index contributed by atoms with van der Waals surface area (Å²) in [6, 6.07) is 0. The number of methoxy groups -OCH3 is 1. The van der Waals surface area contributed by atoms with E-state index in [0.29, 0.717) is 12.5 Å². The van der Waals surface area contributed by atoms with Gasteiger partial charge in [0.05, 0.1) is 13.0 Å². The Labute approximate surface area is 121 Å². The number of guanidine groups is 1. The molecule has 2 aliphatic rings. The SMILES string of the molecule is CN=C(NCCCC1CC1)N1CC(C)C(C(=O)OC)C1. The molecular weight excluding hydrogens is 254 g/mol. The van der Waals surface area contributed by atoms with Gasteiger partial charge in [-0.15, -0.1) is 0 Å². The molecule has 2 unspecified atom stereocenters. The molecule has 0 aromatic carbocycles. The first-order valence-corrected chi connectivity index (χ1v) is 7.69. The van der Waals surface area contributed by atoms with Crippen molar-refractivity contribution in [1.29, 1.82) is 0 Å². The van der Waals surface area contributed by atoms with Crippen LogP contribution in [0.25, 0.3) is 0 Å². The topological polar surface area (TPSA) is 53.9 Å². The van der Waals surface area contributed by atoms with Crippen LogP contribution in [-0.2, 0) is 9.53 Å². The second kappa shape index (κ2) is 6.95. The molecule has 0 bridgehead atoms. The van der Waals surface area contributed by atoms with E-state index in [-0.39, 0.29) is 11.9 Å². The minimum atomic E-state index is -0.107. The number of carbonyl (C=O) groups is 1. The minimum Gasteiger partial charge on any atom is -0.469 e. The maximum Gasteiger partial charge on any atom is 0.310 e. The molecule has 0 aromatic heterocycles. The first-order chi connectivity index (χ1) is 9.65. The largest absolute Gasteiger partial charge is 0.469 e. The summed E-state index contributed by atoms with van der Waals surface area (Å²) in [5, 5.41) is 3.42. The van der Waals surface area contributed by atoms with Gasteiger partial charge >= 0.3 is 5.97 Å². The summed E-state index contributed by atoms with van der Waals surface area (Å²) in [4.78, 5) is 18.2. The third-order valence-corrected chi connectivity index (χ3v) is 4.40. The Kier molecular flexibility index (Phi) is 5.26. The van der Waals surface area contributed by atoms with E-state index in [1.165, 1.54) is 32.8 Å². The number of nitrogens with zero attached hydrogens (tertiary/aromatic N) is 2. The lowest BCUT2D eigenvalue weighted by Gasteiger charge is -2.21. The number of ether oxygens (including phenoxy) is 1. The van der Waals surface area contributed by atoms with E-state index >= 15 is 0 Å². The molecule has 1 heterocycles. The van der Waals surface area contributed by atoms with Crippen molar-refractivity contribution in [3.63, 3.8) is 0 Å². The van der Waals surface area contributed by atoms with E-state index < -0.39 is 0 Å². The molecule has 0 aromatic rings. The van der Waals surface area contributed by atoms with Crippen molar-refractivity contribution in [2.75, 3.05) is 33.8 Å². The number of esters is 1. The molecule has 114 valence electrons. The maximum absolute atomic E-state index is 11.7. The van der Waals surface area contributed by atoms with Gasteiger partial charge in [0.15, 0.2) is 5.96 Å². The average Bonchev–Trinajstić information content (AvgIpc) is 3.20. The standard InChI is InChI=1S/C15H27N3O2/c1-11-9-18(10-13(11)14(19)20-3)15(16-2)17-8-4-5-12-6-7-12/h11-13H,4-10H2,1-3H3,(H,16,17). The van der Waals surface area contributed by atoms with Crippen LogP contribution in [-0.4, -0.2) is 50.6 Å². The first-order valence-electron chi connectivity index (χ1n) is 7.69. The highest BCUT2D eigenvalue weighted by atomic mass is 16.5. The monoisotopic (exact) mass is 281 g/mol. The summed E-state index contributed by atoms with van der Waals surface area (Å²) in [6.07, 6.45) is 5.36. The lowest BCUT2D eigenvalue weighted by molar-refractivity contribution is -0.145. The number of likely N-dealkylation sites (tertiary alicyclic amines) is 1. The predicted molar refractivity (Wildman–Crippen MR) is 79.6 cm³/mol. The van der Waals surface area contributed by atoms with Crippen LogP contribution in [0.15, 0.2) is 4.99 Å². The smallest absolute Gasteiger partial charge is 0.310 e. The molecule has 0 radical (unpaired) electrons. The summed E-state index contributed by atoms with van der Waals surface area (Å²) in [6.45, 7) is 4.64. The fourth-order valence-electron chi connectivity index (χ4n) is 2.93. The van der Waals surface area contributed by atoms with Gasteiger partial charge in [-0.2, -0.15) is 0 Å². The Bertz CT molecular complexity index is 366. The Morgan fingerprint density at radius 1 is 1.40 bits per heavy atom. The molecule has 0 amide bonds. The highest BCUT2D eigenvalue weighted by molar-refractivity contribution is 5.82. The van der Waals surface area contributed by atoms with Crippen LogP contribution in [0.3, 0.4) is 0 Å². The first kappa shape index (κ1) is 15.1. The molecule has 2 fully saturated rings. The second-order valence-corrected chi connectivity index (χ2v) is 6.07. The summed E-state index contributed by atoms with van der Waals surface area (Å²) >= 11 is 0. The van der Waals surface area contributed by atoms with Crippen molar-refractivity contribution < 1.29 is 9.53 Å². The van der Waals surface area contributed by atoms with Crippen molar-refractivity contribution in [3.05, 3.63) is 0 Å². The summed E-state index contributed by atoms with van der Waals surface area (Å²) in [5.41, 5.74) is 0. The van der Waals surface area contributed by atoms with Gasteiger partial charge in [0.1, 0.15) is 0 Å². The average molecular weight is 281 g/mol. The van der Waals surface area contributed by atoms with Crippen LogP contribution in [0.1, 0.15) is 32.6 Å². The molecule has 5 nitrogen and oxygen atoms in total. The van der Waals surface area contributed by atoms with Crippen molar-refractivity contribution in [2.45, 2.75) is 32.6 Å². The normalized spacial score (nSPS) is 26.8. The molecule has 20 heavy (non-hydrogen) atoms. The van der Waals surface area contributed by atoms with Crippen LogP contribution >= 0.6 is 0 Å². The number of carbonyl (C=O) groups excluding carboxylic acids is 1. The number of rotatable bonds is 5. The summed E-state index contributed by atoms with van der Waals surface area (Å²) in [7, 11) is 3.27. The molecule has 1 N–H and O–H groups in total. The highest BCUT2D eigenvalue weighted by Gasteiger charge is 2.36. The number of hydrogen-bond donors (Lipinski definition) is 1. The Morgan fingerprint density at radius 2 is 2.15 bits per heavy atom. The van der Waals surface area contributed by atoms with Gasteiger partial charge in [0.25, 0.3) is 0 Å². The van der Waals surface area contributed by atoms with Crippen molar-refractivity contribution in [3.8, 4) is 0 Å². The van der Waals surface area contributed by atoms with Gasteiger partial charge in [-0.3, -0.25) is 9.79 Å². The molecule has 0 spiro atoms. The fraction of sp³-hybridized carbons (Fsp3) is 0.867. The van der Waals surface area contributed by atoms with Crippen LogP contribution in [0, 0.1) is 17.8 Å². The maximum atomic E-state index is 11.7. The van der Waals surface area contributed by atoms with Gasteiger partial charge in [0, 0.05) is 26.7 Å². The van der Waals surface area contributed by atoms with E-state index in [2.05, 4.69) is 22.1 Å². The Morgan fingerprint density at radius 3 is 2.75 bits per heavy atom. The third-order valence-electron chi connectivity index (χ3n) is 4.40. The van der Waals surface area contributed by atoms with Gasteiger partial charge in [-0.1, -0.05) is 19.8 Å². The van der Waals surface area contributed by atoms with Crippen LogP contribution in [0.4, 0.5) is 0 Å². The zero-order valence-corrected chi connectivity index (χ0v) is 12.9. The molecule has 1 aliphatic carbocycles. The zero-order valence-electron chi connectivity index (χ0n) is 12.9. The molecule has 1 saturated carbocycles. The van der Waals surface area contributed by atoms with E-state index in [4.69, 9.17) is 4.74 Å². The lowest BCUT2D eigenvalue weighted by atomic mass is 9.99. The fourth-order valence-corrected chi connectivity index (χ4v) is 2.93. The van der Waals surface area contributed by atoms with E-state index in [1.54, 1.807) is 7.05 Å². The third kappa shape index (κ3) is 3.87. The van der Waals surface area contributed by atoms with Crippen molar-refractivity contribution >= 4 is 11.9 Å². The number of aliphatic imine (C=N–C) groups is 1. The van der Waals surface area contributed by atoms with Crippen LogP contribution in [0.5, 0.6) is 0 Å². The van der Waals surface area contributed by atoms with Crippen LogP contribution in [0.2, 0.25) is 0 Å². The highest BCUT2D eigenvalue weighted by Crippen LogP contribution is 2.33. The Hall–Kier alpha value is -1.26. The molecule has 1 saturated heterocycles. The van der Waals surface area contributed by atoms with E-state index in [9.17, 15) is 4.79 Å². The van der Waals surface area contributed by atoms with E-state index in [0.717, 1.165) is 25.0 Å². The molecular formula is C15H27N3O2. The van der Waals surface area contributed by atoms with Crippen molar-refractivity contribution in [2.24, 2.45) is 22.7 Å². The summed E-state index contributed by atoms with van der Waals surface area (Å²) < 4.78 is 4.87. The molecule has 1 aliphatic heterocycles. The van der Waals surface area contributed by atoms with E-state index in [1.807, 2.05) is 0 Å². The Balaban J connectivity index is 1.77. The second-order valence-electron chi connectivity index (χ2n) is 6.07. The molecule has 2 rings (SSSR count). The summed E-state index contributed by atoms with van der Waals surface area (Å²) in [5.74, 6) is 2.06. The number of nitrogens with one attached hydrogen (secondary N) is 1.